The number of para-hydroxylation sites is 1. The molecule has 0 unspecified atom stereocenters. The molecule has 1 aliphatic rings. The van der Waals surface area contributed by atoms with Gasteiger partial charge in [0.15, 0.2) is 0 Å². The molecule has 21 heavy (non-hydrogen) atoms. The van der Waals surface area contributed by atoms with Crippen LogP contribution in [0.1, 0.15) is 16.7 Å². The molecule has 1 aromatic heterocycles. The van der Waals surface area contributed by atoms with Crippen LogP contribution in [0.4, 0.5) is 5.69 Å². The Balaban J connectivity index is 1.58. The van der Waals surface area contributed by atoms with Crippen LogP contribution in [0.5, 0.6) is 0 Å². The second-order valence-corrected chi connectivity index (χ2v) is 5.44. The van der Waals surface area contributed by atoms with Crippen LogP contribution >= 0.6 is 0 Å². The molecule has 1 aliphatic heterocycles. The standard InChI is InChI=1S/C18H17N3/c1-2-4-17-16(3-1)18(7-8-20-17)21-10-13-5-6-14-11-19-12-15(14)9-13/h1-9,19H,10-12H2,(H,20,21). The normalized spacial score (nSPS) is 13.3. The van der Waals surface area contributed by atoms with Crippen LogP contribution in [-0.4, -0.2) is 4.98 Å². The van der Waals surface area contributed by atoms with Crippen LogP contribution in [0, 0.1) is 0 Å². The highest BCUT2D eigenvalue weighted by atomic mass is 14.9. The second kappa shape index (κ2) is 5.19. The molecule has 0 bridgehead atoms. The maximum absolute atomic E-state index is 4.40. The quantitative estimate of drug-likeness (QED) is 0.768. The van der Waals surface area contributed by atoms with Gasteiger partial charge in [-0.1, -0.05) is 36.4 Å². The van der Waals surface area contributed by atoms with E-state index in [1.54, 1.807) is 0 Å². The minimum atomic E-state index is 0.835. The SMILES string of the molecule is c1ccc2c(NCc3ccc4c(c3)CNC4)ccnc2c1. The van der Waals surface area contributed by atoms with E-state index in [-0.39, 0.29) is 0 Å². The molecule has 0 radical (unpaired) electrons. The van der Waals surface area contributed by atoms with Crippen molar-refractivity contribution in [3.63, 3.8) is 0 Å². The summed E-state index contributed by atoms with van der Waals surface area (Å²) in [6.45, 7) is 2.82. The Morgan fingerprint density at radius 2 is 1.90 bits per heavy atom. The minimum absolute atomic E-state index is 0.835. The number of hydrogen-bond donors (Lipinski definition) is 2. The lowest BCUT2D eigenvalue weighted by molar-refractivity contribution is 0.764. The third-order valence-corrected chi connectivity index (χ3v) is 4.03. The fraction of sp³-hybridized carbons (Fsp3) is 0.167. The number of rotatable bonds is 3. The fourth-order valence-electron chi connectivity index (χ4n) is 2.91. The highest BCUT2D eigenvalue weighted by Crippen LogP contribution is 2.22. The smallest absolute Gasteiger partial charge is 0.0722 e. The number of nitrogens with zero attached hydrogens (tertiary/aromatic N) is 1. The summed E-state index contributed by atoms with van der Waals surface area (Å²) < 4.78 is 0. The van der Waals surface area contributed by atoms with E-state index in [1.807, 2.05) is 24.4 Å². The van der Waals surface area contributed by atoms with Crippen LogP contribution in [-0.2, 0) is 19.6 Å². The third-order valence-electron chi connectivity index (χ3n) is 4.03. The van der Waals surface area contributed by atoms with Crippen molar-refractivity contribution in [3.8, 4) is 0 Å². The van der Waals surface area contributed by atoms with Gasteiger partial charge in [0.1, 0.15) is 0 Å². The van der Waals surface area contributed by atoms with Crippen molar-refractivity contribution in [2.24, 2.45) is 0 Å². The average Bonchev–Trinajstić information content (AvgIpc) is 3.00. The maximum atomic E-state index is 4.40. The number of aromatic nitrogens is 1. The number of hydrogen-bond acceptors (Lipinski definition) is 3. The molecule has 2 aromatic carbocycles. The molecule has 104 valence electrons. The summed E-state index contributed by atoms with van der Waals surface area (Å²) in [5.41, 5.74) is 6.33. The van der Waals surface area contributed by atoms with Gasteiger partial charge in [-0.05, 0) is 28.8 Å². The molecular formula is C18H17N3. The van der Waals surface area contributed by atoms with Gasteiger partial charge in [-0.25, -0.2) is 0 Å². The molecule has 2 N–H and O–H groups in total. The Morgan fingerprint density at radius 1 is 1.00 bits per heavy atom. The molecule has 0 aliphatic carbocycles. The highest BCUT2D eigenvalue weighted by molar-refractivity contribution is 5.90. The van der Waals surface area contributed by atoms with E-state index in [4.69, 9.17) is 0 Å². The lowest BCUT2D eigenvalue weighted by Gasteiger charge is -2.10. The van der Waals surface area contributed by atoms with E-state index in [0.717, 1.165) is 30.8 Å². The molecule has 0 amide bonds. The van der Waals surface area contributed by atoms with Crippen LogP contribution in [0.2, 0.25) is 0 Å². The molecule has 0 fully saturated rings. The zero-order valence-electron chi connectivity index (χ0n) is 11.8. The van der Waals surface area contributed by atoms with Crippen molar-refractivity contribution in [2.45, 2.75) is 19.6 Å². The van der Waals surface area contributed by atoms with Gasteiger partial charge in [0.05, 0.1) is 5.52 Å². The van der Waals surface area contributed by atoms with Crippen molar-refractivity contribution in [2.75, 3.05) is 5.32 Å². The van der Waals surface area contributed by atoms with Crippen molar-refractivity contribution in [1.29, 1.82) is 0 Å². The number of fused-ring (bicyclic) bond motifs is 2. The first-order valence-corrected chi connectivity index (χ1v) is 7.29. The Hall–Kier alpha value is -2.39. The number of pyridine rings is 1. The molecular weight excluding hydrogens is 258 g/mol. The van der Waals surface area contributed by atoms with E-state index < -0.39 is 0 Å². The van der Waals surface area contributed by atoms with E-state index in [9.17, 15) is 0 Å². The van der Waals surface area contributed by atoms with Crippen LogP contribution in [0.3, 0.4) is 0 Å². The molecule has 0 saturated carbocycles. The molecule has 3 heteroatoms. The summed E-state index contributed by atoms with van der Waals surface area (Å²) in [6, 6.07) is 17.0. The average molecular weight is 275 g/mol. The predicted molar refractivity (Wildman–Crippen MR) is 86.1 cm³/mol. The van der Waals surface area contributed by atoms with Crippen LogP contribution in [0.15, 0.2) is 54.7 Å². The summed E-state index contributed by atoms with van der Waals surface area (Å²) in [7, 11) is 0. The van der Waals surface area contributed by atoms with Gasteiger partial charge in [0, 0.05) is 36.9 Å². The van der Waals surface area contributed by atoms with E-state index in [2.05, 4.69) is 45.9 Å². The zero-order chi connectivity index (χ0) is 14.1. The first kappa shape index (κ1) is 12.4. The highest BCUT2D eigenvalue weighted by Gasteiger charge is 2.10. The van der Waals surface area contributed by atoms with Crippen molar-refractivity contribution in [3.05, 3.63) is 71.4 Å². The second-order valence-electron chi connectivity index (χ2n) is 5.44. The van der Waals surface area contributed by atoms with Gasteiger partial charge in [0.25, 0.3) is 0 Å². The molecule has 0 spiro atoms. The minimum Gasteiger partial charge on any atom is -0.380 e. The summed E-state index contributed by atoms with van der Waals surface area (Å²) >= 11 is 0. The van der Waals surface area contributed by atoms with E-state index >= 15 is 0 Å². The molecule has 0 saturated heterocycles. The van der Waals surface area contributed by atoms with Crippen molar-refractivity contribution < 1.29 is 0 Å². The molecule has 3 aromatic rings. The van der Waals surface area contributed by atoms with E-state index in [1.165, 1.54) is 22.1 Å². The summed E-state index contributed by atoms with van der Waals surface area (Å²) in [5.74, 6) is 0. The first-order valence-electron chi connectivity index (χ1n) is 7.29. The Labute approximate surface area is 124 Å². The number of nitrogens with one attached hydrogen (secondary N) is 2. The predicted octanol–water partition coefficient (Wildman–Crippen LogP) is 3.45. The molecule has 2 heterocycles. The monoisotopic (exact) mass is 275 g/mol. The lowest BCUT2D eigenvalue weighted by atomic mass is 10.1. The topological polar surface area (TPSA) is 37.0 Å². The Bertz CT molecular complexity index is 790. The van der Waals surface area contributed by atoms with Gasteiger partial charge in [0.2, 0.25) is 0 Å². The van der Waals surface area contributed by atoms with Gasteiger partial charge < -0.3 is 10.6 Å². The summed E-state index contributed by atoms with van der Waals surface area (Å²) in [6.07, 6.45) is 1.86. The van der Waals surface area contributed by atoms with Gasteiger partial charge >= 0.3 is 0 Å². The molecule has 4 rings (SSSR count). The third kappa shape index (κ3) is 2.36. The molecule has 0 atom stereocenters. The summed E-state index contributed by atoms with van der Waals surface area (Å²) in [4.78, 5) is 4.40. The summed E-state index contributed by atoms with van der Waals surface area (Å²) in [5, 5.41) is 8.09. The van der Waals surface area contributed by atoms with E-state index in [0.29, 0.717) is 0 Å². The maximum Gasteiger partial charge on any atom is 0.0722 e. The zero-order valence-corrected chi connectivity index (χ0v) is 11.8. The van der Waals surface area contributed by atoms with Gasteiger partial charge in [-0.2, -0.15) is 0 Å². The van der Waals surface area contributed by atoms with Crippen molar-refractivity contribution in [1.82, 2.24) is 10.3 Å². The number of anilines is 1. The molecule has 3 nitrogen and oxygen atoms in total. The van der Waals surface area contributed by atoms with Crippen LogP contribution < -0.4 is 10.6 Å². The van der Waals surface area contributed by atoms with Crippen molar-refractivity contribution >= 4 is 16.6 Å². The first-order chi connectivity index (χ1) is 10.4. The van der Waals surface area contributed by atoms with Gasteiger partial charge in [-0.15, -0.1) is 0 Å². The Kier molecular flexibility index (Phi) is 3.05. The van der Waals surface area contributed by atoms with Gasteiger partial charge in [-0.3, -0.25) is 4.98 Å². The van der Waals surface area contributed by atoms with Crippen LogP contribution in [0.25, 0.3) is 10.9 Å². The Morgan fingerprint density at radius 3 is 2.90 bits per heavy atom. The number of benzene rings is 2. The largest absolute Gasteiger partial charge is 0.380 e. The lowest BCUT2D eigenvalue weighted by Crippen LogP contribution is -2.01. The fourth-order valence-corrected chi connectivity index (χ4v) is 2.91.